The van der Waals surface area contributed by atoms with Crippen LogP contribution in [0.5, 0.6) is 0 Å². The summed E-state index contributed by atoms with van der Waals surface area (Å²) in [6, 6.07) is 3.85. The number of aliphatic hydroxyl groups excluding tert-OH is 1. The van der Waals surface area contributed by atoms with E-state index < -0.39 is 10.7 Å². The van der Waals surface area contributed by atoms with E-state index in [1.54, 1.807) is 0 Å². The Labute approximate surface area is 110 Å². The van der Waals surface area contributed by atoms with Crippen molar-refractivity contribution >= 4 is 11.4 Å². The van der Waals surface area contributed by atoms with Gasteiger partial charge in [-0.1, -0.05) is 0 Å². The van der Waals surface area contributed by atoms with Crippen molar-refractivity contribution < 1.29 is 14.4 Å². The number of aliphatic hydroxyl groups is 1. The lowest BCUT2D eigenvalue weighted by atomic mass is 9.98. The number of anilines is 1. The van der Waals surface area contributed by atoms with Crippen molar-refractivity contribution in [1.29, 1.82) is 0 Å². The molecule has 0 saturated carbocycles. The Hall–Kier alpha value is -1.69. The molecule has 5 nitrogen and oxygen atoms in total. The van der Waals surface area contributed by atoms with Gasteiger partial charge in [-0.2, -0.15) is 0 Å². The molecule has 1 atom stereocenters. The van der Waals surface area contributed by atoms with E-state index in [2.05, 4.69) is 0 Å². The first-order valence-electron chi connectivity index (χ1n) is 6.45. The first kappa shape index (κ1) is 13.7. The van der Waals surface area contributed by atoms with Crippen molar-refractivity contribution in [3.05, 3.63) is 34.1 Å². The molecule has 1 N–H and O–H groups in total. The highest BCUT2D eigenvalue weighted by Gasteiger charge is 2.25. The summed E-state index contributed by atoms with van der Waals surface area (Å²) in [5, 5.41) is 19.7. The molecule has 1 aliphatic heterocycles. The van der Waals surface area contributed by atoms with E-state index in [9.17, 15) is 14.5 Å². The first-order chi connectivity index (χ1) is 9.13. The summed E-state index contributed by atoms with van der Waals surface area (Å²) in [6.45, 7) is 0.787. The van der Waals surface area contributed by atoms with Crippen LogP contribution in [0.4, 0.5) is 15.8 Å². The van der Waals surface area contributed by atoms with Gasteiger partial charge in [0.2, 0.25) is 0 Å². The molecule has 0 aliphatic carbocycles. The fourth-order valence-electron chi connectivity index (χ4n) is 2.61. The van der Waals surface area contributed by atoms with Crippen molar-refractivity contribution in [2.24, 2.45) is 0 Å². The van der Waals surface area contributed by atoms with Crippen LogP contribution in [0.15, 0.2) is 18.2 Å². The number of nitrogens with zero attached hydrogens (tertiary/aromatic N) is 2. The molecule has 2 rings (SSSR count). The van der Waals surface area contributed by atoms with Gasteiger partial charge >= 0.3 is 0 Å². The van der Waals surface area contributed by atoms with Crippen LogP contribution in [0.3, 0.4) is 0 Å². The number of nitro groups is 1. The van der Waals surface area contributed by atoms with E-state index in [0.717, 1.165) is 31.9 Å². The predicted molar refractivity (Wildman–Crippen MR) is 69.7 cm³/mol. The summed E-state index contributed by atoms with van der Waals surface area (Å²) < 4.78 is 14.0. The standard InChI is InChI=1S/C13H17FN2O3/c14-12-9-11(16(18)19)4-5-13(12)15-7-2-1-3-10(15)6-8-17/h4-5,9-10,17H,1-3,6-8H2/t10-/m1/s1. The third-order valence-electron chi connectivity index (χ3n) is 3.54. The summed E-state index contributed by atoms with van der Waals surface area (Å²) in [5.74, 6) is -0.570. The van der Waals surface area contributed by atoms with Crippen molar-refractivity contribution in [2.45, 2.75) is 31.7 Å². The van der Waals surface area contributed by atoms with Gasteiger partial charge in [0, 0.05) is 25.3 Å². The Morgan fingerprint density at radius 2 is 2.26 bits per heavy atom. The van der Waals surface area contributed by atoms with Crippen LogP contribution in [-0.4, -0.2) is 29.2 Å². The molecule has 1 aromatic rings. The van der Waals surface area contributed by atoms with Gasteiger partial charge in [-0.3, -0.25) is 10.1 Å². The number of halogens is 1. The Kier molecular flexibility index (Phi) is 4.31. The molecular formula is C13H17FN2O3. The minimum Gasteiger partial charge on any atom is -0.396 e. The predicted octanol–water partition coefficient (Wildman–Crippen LogP) is 2.48. The highest BCUT2D eigenvalue weighted by atomic mass is 19.1. The first-order valence-corrected chi connectivity index (χ1v) is 6.45. The number of benzene rings is 1. The molecule has 0 amide bonds. The lowest BCUT2D eigenvalue weighted by Crippen LogP contribution is -2.40. The van der Waals surface area contributed by atoms with Crippen LogP contribution in [0, 0.1) is 15.9 Å². The van der Waals surface area contributed by atoms with Gasteiger partial charge in [-0.25, -0.2) is 4.39 Å². The maximum Gasteiger partial charge on any atom is 0.272 e. The Bertz CT molecular complexity index is 465. The van der Waals surface area contributed by atoms with E-state index in [1.165, 1.54) is 12.1 Å². The molecule has 0 unspecified atom stereocenters. The van der Waals surface area contributed by atoms with Crippen molar-refractivity contribution in [1.82, 2.24) is 0 Å². The second-order valence-electron chi connectivity index (χ2n) is 4.75. The van der Waals surface area contributed by atoms with Gasteiger partial charge in [-0.05, 0) is 31.7 Å². The molecule has 1 heterocycles. The average Bonchev–Trinajstić information content (AvgIpc) is 2.40. The molecule has 6 heteroatoms. The van der Waals surface area contributed by atoms with Crippen LogP contribution in [0.2, 0.25) is 0 Å². The highest BCUT2D eigenvalue weighted by molar-refractivity contribution is 5.53. The Balaban J connectivity index is 2.26. The SMILES string of the molecule is O=[N+]([O-])c1ccc(N2CCCC[C@@H]2CCO)c(F)c1. The summed E-state index contributed by atoms with van der Waals surface area (Å²) in [7, 11) is 0. The molecular weight excluding hydrogens is 251 g/mol. The monoisotopic (exact) mass is 268 g/mol. The summed E-state index contributed by atoms with van der Waals surface area (Å²) in [5.41, 5.74) is 0.153. The van der Waals surface area contributed by atoms with Gasteiger partial charge in [0.25, 0.3) is 5.69 Å². The van der Waals surface area contributed by atoms with E-state index in [-0.39, 0.29) is 18.3 Å². The molecule has 0 radical (unpaired) electrons. The molecule has 1 aliphatic rings. The van der Waals surface area contributed by atoms with Gasteiger partial charge in [0.05, 0.1) is 16.7 Å². The zero-order valence-corrected chi connectivity index (χ0v) is 10.6. The van der Waals surface area contributed by atoms with Gasteiger partial charge in [0.15, 0.2) is 5.82 Å². The van der Waals surface area contributed by atoms with Gasteiger partial charge in [0.1, 0.15) is 0 Å². The minimum absolute atomic E-state index is 0.0652. The molecule has 19 heavy (non-hydrogen) atoms. The fraction of sp³-hybridized carbons (Fsp3) is 0.538. The van der Waals surface area contributed by atoms with E-state index in [0.29, 0.717) is 12.1 Å². The molecule has 0 bridgehead atoms. The lowest BCUT2D eigenvalue weighted by molar-refractivity contribution is -0.385. The molecule has 0 aromatic heterocycles. The number of hydrogen-bond donors (Lipinski definition) is 1. The third-order valence-corrected chi connectivity index (χ3v) is 3.54. The topological polar surface area (TPSA) is 66.6 Å². The second kappa shape index (κ2) is 5.97. The minimum atomic E-state index is -0.603. The lowest BCUT2D eigenvalue weighted by Gasteiger charge is -2.37. The molecule has 1 aromatic carbocycles. The molecule has 104 valence electrons. The Morgan fingerprint density at radius 3 is 2.89 bits per heavy atom. The van der Waals surface area contributed by atoms with Crippen molar-refractivity contribution in [3.8, 4) is 0 Å². The zero-order chi connectivity index (χ0) is 13.8. The summed E-state index contributed by atoms with van der Waals surface area (Å²) >= 11 is 0. The summed E-state index contributed by atoms with van der Waals surface area (Å²) in [4.78, 5) is 11.9. The molecule has 0 spiro atoms. The Morgan fingerprint density at radius 1 is 1.47 bits per heavy atom. The van der Waals surface area contributed by atoms with Crippen molar-refractivity contribution in [2.75, 3.05) is 18.1 Å². The van der Waals surface area contributed by atoms with Crippen molar-refractivity contribution in [3.63, 3.8) is 0 Å². The second-order valence-corrected chi connectivity index (χ2v) is 4.75. The number of rotatable bonds is 4. The van der Waals surface area contributed by atoms with E-state index in [4.69, 9.17) is 5.11 Å². The number of piperidine rings is 1. The van der Waals surface area contributed by atoms with Crippen LogP contribution in [0.25, 0.3) is 0 Å². The molecule has 1 saturated heterocycles. The van der Waals surface area contributed by atoms with Crippen LogP contribution < -0.4 is 4.90 Å². The van der Waals surface area contributed by atoms with Crippen LogP contribution in [0.1, 0.15) is 25.7 Å². The van der Waals surface area contributed by atoms with Gasteiger partial charge in [-0.15, -0.1) is 0 Å². The summed E-state index contributed by atoms with van der Waals surface area (Å²) in [6.07, 6.45) is 3.54. The maximum atomic E-state index is 14.0. The smallest absolute Gasteiger partial charge is 0.272 e. The third kappa shape index (κ3) is 3.01. The van der Waals surface area contributed by atoms with Gasteiger partial charge < -0.3 is 10.0 Å². The number of nitro benzene ring substituents is 1. The largest absolute Gasteiger partial charge is 0.396 e. The fourth-order valence-corrected chi connectivity index (χ4v) is 2.61. The zero-order valence-electron chi connectivity index (χ0n) is 10.6. The van der Waals surface area contributed by atoms with Crippen LogP contribution in [-0.2, 0) is 0 Å². The highest BCUT2D eigenvalue weighted by Crippen LogP contribution is 2.30. The quantitative estimate of drug-likeness (QED) is 0.673. The maximum absolute atomic E-state index is 14.0. The van der Waals surface area contributed by atoms with Crippen LogP contribution >= 0.6 is 0 Å². The average molecular weight is 268 g/mol. The number of hydrogen-bond acceptors (Lipinski definition) is 4. The normalized spacial score (nSPS) is 19.5. The van der Waals surface area contributed by atoms with E-state index >= 15 is 0 Å². The number of non-ortho nitro benzene ring substituents is 1. The molecule has 1 fully saturated rings. The van der Waals surface area contributed by atoms with E-state index in [1.807, 2.05) is 4.90 Å².